The van der Waals surface area contributed by atoms with E-state index in [1.54, 1.807) is 11.6 Å². The maximum atomic E-state index is 12.4. The molecule has 0 fully saturated rings. The molecule has 0 aliphatic carbocycles. The summed E-state index contributed by atoms with van der Waals surface area (Å²) in [6.45, 7) is 8.53. The number of halogens is 3. The number of nitrogens with zero attached hydrogens (tertiary/aromatic N) is 5. The Balaban J connectivity index is 1.87. The Bertz CT molecular complexity index is 959. The van der Waals surface area contributed by atoms with E-state index in [1.165, 1.54) is 6.20 Å². The van der Waals surface area contributed by atoms with Gasteiger partial charge < -0.3 is 0 Å². The molecule has 136 valence electrons. The first kappa shape index (κ1) is 18.0. The fourth-order valence-electron chi connectivity index (χ4n) is 2.73. The molecule has 26 heavy (non-hydrogen) atoms. The predicted octanol–water partition coefficient (Wildman–Crippen LogP) is 4.11. The molecular formula is C18H18F3N5. The molecule has 1 aromatic carbocycles. The highest BCUT2D eigenvalue weighted by Crippen LogP contribution is 2.26. The second-order valence-corrected chi connectivity index (χ2v) is 5.99. The fourth-order valence-corrected chi connectivity index (χ4v) is 2.73. The minimum atomic E-state index is -4.22. The number of hydrogen-bond donors (Lipinski definition) is 0. The van der Waals surface area contributed by atoms with Crippen molar-refractivity contribution in [2.24, 2.45) is 0 Å². The van der Waals surface area contributed by atoms with Crippen molar-refractivity contribution in [3.8, 4) is 0 Å². The summed E-state index contributed by atoms with van der Waals surface area (Å²) >= 11 is 0. The molecule has 0 spiro atoms. The molecule has 0 amide bonds. The van der Waals surface area contributed by atoms with Crippen LogP contribution in [0.5, 0.6) is 0 Å². The molecule has 0 saturated heterocycles. The van der Waals surface area contributed by atoms with Gasteiger partial charge in [0.05, 0.1) is 11.9 Å². The van der Waals surface area contributed by atoms with E-state index in [0.717, 1.165) is 16.6 Å². The van der Waals surface area contributed by atoms with Crippen molar-refractivity contribution >= 4 is 16.6 Å². The lowest BCUT2D eigenvalue weighted by Crippen LogP contribution is -2.11. The molecular weight excluding hydrogens is 343 g/mol. The van der Waals surface area contributed by atoms with E-state index in [0.29, 0.717) is 23.4 Å². The number of fused-ring (bicyclic) bond motifs is 1. The summed E-state index contributed by atoms with van der Waals surface area (Å²) in [5.41, 5.74) is 4.56. The Morgan fingerprint density at radius 2 is 2.04 bits per heavy atom. The average molecular weight is 361 g/mol. The molecule has 0 radical (unpaired) electrons. The highest BCUT2D eigenvalue weighted by atomic mass is 19.4. The van der Waals surface area contributed by atoms with Gasteiger partial charge in [0.25, 0.3) is 0 Å². The average Bonchev–Trinajstić information content (AvgIpc) is 3.01. The number of aryl methyl sites for hydroxylation is 3. The van der Waals surface area contributed by atoms with Crippen molar-refractivity contribution in [3.63, 3.8) is 0 Å². The van der Waals surface area contributed by atoms with Crippen molar-refractivity contribution < 1.29 is 13.2 Å². The summed E-state index contributed by atoms with van der Waals surface area (Å²) in [6.07, 6.45) is -3.84. The van der Waals surface area contributed by atoms with Gasteiger partial charge in [0, 0.05) is 30.4 Å². The van der Waals surface area contributed by atoms with Gasteiger partial charge in [0.2, 0.25) is 0 Å². The Labute approximate surface area is 148 Å². The summed E-state index contributed by atoms with van der Waals surface area (Å²) in [5, 5.41) is 8.18. The zero-order chi connectivity index (χ0) is 18.9. The van der Waals surface area contributed by atoms with Gasteiger partial charge >= 0.3 is 6.18 Å². The highest BCUT2D eigenvalue weighted by molar-refractivity contribution is 5.85. The first-order valence-corrected chi connectivity index (χ1v) is 8.20. The Hall–Kier alpha value is -2.77. The zero-order valence-corrected chi connectivity index (χ0v) is 14.5. The van der Waals surface area contributed by atoms with E-state index in [-0.39, 0.29) is 12.2 Å². The van der Waals surface area contributed by atoms with E-state index in [2.05, 4.69) is 26.9 Å². The molecule has 0 bridgehead atoms. The van der Waals surface area contributed by atoms with Crippen LogP contribution in [-0.2, 0) is 13.0 Å². The van der Waals surface area contributed by atoms with Crippen LogP contribution >= 0.6 is 0 Å². The SMILES string of the molecule is C=C(c1ccc2nnn(CC)c2c1)c1cnc(CCC(F)(F)F)nc1C. The van der Waals surface area contributed by atoms with Crippen molar-refractivity contribution in [2.75, 3.05) is 0 Å². The van der Waals surface area contributed by atoms with Gasteiger partial charge in [0.15, 0.2) is 0 Å². The smallest absolute Gasteiger partial charge is 0.245 e. The normalized spacial score (nSPS) is 11.9. The molecule has 3 aromatic rings. The van der Waals surface area contributed by atoms with Crippen LogP contribution in [0.15, 0.2) is 31.0 Å². The van der Waals surface area contributed by atoms with E-state index < -0.39 is 12.6 Å². The molecule has 0 N–H and O–H groups in total. The number of alkyl halides is 3. The number of benzene rings is 1. The van der Waals surface area contributed by atoms with Crippen LogP contribution in [0.25, 0.3) is 16.6 Å². The van der Waals surface area contributed by atoms with Crippen LogP contribution in [0.4, 0.5) is 13.2 Å². The van der Waals surface area contributed by atoms with Gasteiger partial charge in [-0.2, -0.15) is 13.2 Å². The molecule has 3 rings (SSSR count). The quantitative estimate of drug-likeness (QED) is 0.686. The lowest BCUT2D eigenvalue weighted by atomic mass is 9.99. The Morgan fingerprint density at radius 1 is 1.27 bits per heavy atom. The van der Waals surface area contributed by atoms with Crippen molar-refractivity contribution in [2.45, 2.75) is 39.4 Å². The van der Waals surface area contributed by atoms with Gasteiger partial charge in [-0.25, -0.2) is 14.6 Å². The number of hydrogen-bond acceptors (Lipinski definition) is 4. The third-order valence-corrected chi connectivity index (χ3v) is 4.15. The van der Waals surface area contributed by atoms with Crippen LogP contribution in [0.3, 0.4) is 0 Å². The summed E-state index contributed by atoms with van der Waals surface area (Å²) in [7, 11) is 0. The minimum Gasteiger partial charge on any atom is -0.245 e. The minimum absolute atomic E-state index is 0.181. The molecule has 8 heteroatoms. The summed E-state index contributed by atoms with van der Waals surface area (Å²) < 4.78 is 38.8. The standard InChI is InChI=1S/C18H18F3N5/c1-4-26-16-9-13(5-6-15(16)24-25-26)11(2)14-10-22-17(23-12(14)3)7-8-18(19,20)21/h5-6,9-10H,2,4,7-8H2,1,3H3. The van der Waals surface area contributed by atoms with Gasteiger partial charge in [-0.3, -0.25) is 0 Å². The molecule has 0 saturated carbocycles. The highest BCUT2D eigenvalue weighted by Gasteiger charge is 2.27. The van der Waals surface area contributed by atoms with Crippen molar-refractivity contribution in [3.05, 3.63) is 53.6 Å². The van der Waals surface area contributed by atoms with E-state index in [1.807, 2.05) is 25.1 Å². The molecule has 2 heterocycles. The van der Waals surface area contributed by atoms with E-state index in [9.17, 15) is 13.2 Å². The van der Waals surface area contributed by atoms with Crippen molar-refractivity contribution in [1.82, 2.24) is 25.0 Å². The largest absolute Gasteiger partial charge is 0.389 e. The van der Waals surface area contributed by atoms with E-state index >= 15 is 0 Å². The number of rotatable bonds is 5. The zero-order valence-electron chi connectivity index (χ0n) is 14.5. The molecule has 5 nitrogen and oxygen atoms in total. The maximum absolute atomic E-state index is 12.4. The van der Waals surface area contributed by atoms with Gasteiger partial charge in [-0.15, -0.1) is 5.10 Å². The summed E-state index contributed by atoms with van der Waals surface area (Å²) in [6, 6.07) is 5.69. The van der Waals surface area contributed by atoms with Gasteiger partial charge in [0.1, 0.15) is 11.3 Å². The molecule has 0 unspecified atom stereocenters. The van der Waals surface area contributed by atoms with Crippen LogP contribution in [0, 0.1) is 6.92 Å². The molecule has 2 aromatic heterocycles. The monoisotopic (exact) mass is 361 g/mol. The second kappa shape index (κ2) is 6.86. The number of aromatic nitrogens is 5. The van der Waals surface area contributed by atoms with Crippen LogP contribution in [-0.4, -0.2) is 31.1 Å². The summed E-state index contributed by atoms with van der Waals surface area (Å²) in [5.74, 6) is 0.181. The third kappa shape index (κ3) is 3.74. The Morgan fingerprint density at radius 3 is 2.69 bits per heavy atom. The van der Waals surface area contributed by atoms with Gasteiger partial charge in [-0.1, -0.05) is 17.9 Å². The third-order valence-electron chi connectivity index (χ3n) is 4.15. The first-order chi connectivity index (χ1) is 12.3. The summed E-state index contributed by atoms with van der Waals surface area (Å²) in [4.78, 5) is 8.28. The second-order valence-electron chi connectivity index (χ2n) is 5.99. The van der Waals surface area contributed by atoms with Crippen molar-refractivity contribution in [1.29, 1.82) is 0 Å². The molecule has 0 atom stereocenters. The van der Waals surface area contributed by atoms with Gasteiger partial charge in [-0.05, 0) is 37.1 Å². The fraction of sp³-hybridized carbons (Fsp3) is 0.333. The topological polar surface area (TPSA) is 56.5 Å². The predicted molar refractivity (Wildman–Crippen MR) is 92.5 cm³/mol. The lowest BCUT2D eigenvalue weighted by molar-refractivity contribution is -0.134. The van der Waals surface area contributed by atoms with E-state index in [4.69, 9.17) is 0 Å². The molecule has 0 aliphatic rings. The van der Waals surface area contributed by atoms with Crippen LogP contribution in [0.2, 0.25) is 0 Å². The van der Waals surface area contributed by atoms with Crippen LogP contribution in [0.1, 0.15) is 36.0 Å². The molecule has 0 aliphatic heterocycles. The Kier molecular flexibility index (Phi) is 4.76. The first-order valence-electron chi connectivity index (χ1n) is 8.20. The lowest BCUT2D eigenvalue weighted by Gasteiger charge is -2.11. The van der Waals surface area contributed by atoms with Crippen LogP contribution < -0.4 is 0 Å². The maximum Gasteiger partial charge on any atom is 0.389 e.